The van der Waals surface area contributed by atoms with E-state index in [9.17, 15) is 4.79 Å². The summed E-state index contributed by atoms with van der Waals surface area (Å²) in [6.45, 7) is 0. The maximum absolute atomic E-state index is 13.1. The van der Waals surface area contributed by atoms with Crippen molar-refractivity contribution in [1.29, 1.82) is 10.5 Å². The van der Waals surface area contributed by atoms with Crippen molar-refractivity contribution < 1.29 is 4.79 Å². The third-order valence-electron chi connectivity index (χ3n) is 11.3. The average Bonchev–Trinajstić information content (AvgIpc) is 3.16. The Balaban J connectivity index is 0.873. The molecule has 6 rings (SSSR count). The average molecular weight is 702 g/mol. The lowest BCUT2D eigenvalue weighted by Crippen LogP contribution is -2.26. The summed E-state index contributed by atoms with van der Waals surface area (Å²) in [6, 6.07) is 37.0. The van der Waals surface area contributed by atoms with Gasteiger partial charge in [-0.05, 0) is 146 Å². The van der Waals surface area contributed by atoms with Crippen molar-refractivity contribution in [1.82, 2.24) is 0 Å². The number of Topliss-reactive ketones (excluding diaryl/α,β-unsaturated/α-hetero) is 1. The summed E-state index contributed by atoms with van der Waals surface area (Å²) in [5.41, 5.74) is 8.36. The van der Waals surface area contributed by atoms with Gasteiger partial charge in [0, 0.05) is 23.6 Å². The fraction of sp³-hybridized carbons (Fsp3) is 0.400. The Morgan fingerprint density at radius 3 is 1.12 bits per heavy atom. The standard InChI is InChI=1S/C45H46Cl2N2O/c46-44(27-33-1-13-37(14-2-33)39-17-9-35(29-48)10-18-39)41-21-5-31(6-22-41)25-43(50)26-32-7-23-42(24-8-32)45(47)28-34-3-15-38(16-4-34)40-19-11-36(30-49)12-20-40/h1-4,9-20,31-32,41-42,44-45H,5-8,21-28H2/t31-,32?,41-,42?,44?,45?. The zero-order valence-corrected chi connectivity index (χ0v) is 30.3. The molecule has 0 bridgehead atoms. The van der Waals surface area contributed by atoms with E-state index in [4.69, 9.17) is 33.7 Å². The summed E-state index contributed by atoms with van der Waals surface area (Å²) in [5, 5.41) is 18.3. The van der Waals surface area contributed by atoms with Gasteiger partial charge >= 0.3 is 0 Å². The van der Waals surface area contributed by atoms with E-state index < -0.39 is 0 Å². The second-order valence-electron chi connectivity index (χ2n) is 14.7. The molecule has 0 spiro atoms. The summed E-state index contributed by atoms with van der Waals surface area (Å²) in [4.78, 5) is 13.1. The van der Waals surface area contributed by atoms with Crippen LogP contribution in [0.2, 0.25) is 0 Å². The van der Waals surface area contributed by atoms with E-state index in [1.807, 2.05) is 48.5 Å². The number of nitriles is 2. The number of carbonyl (C=O) groups excluding carboxylic acids is 1. The highest BCUT2D eigenvalue weighted by atomic mass is 35.5. The molecule has 2 fully saturated rings. The third kappa shape index (κ3) is 9.66. The van der Waals surface area contributed by atoms with Crippen LogP contribution in [0, 0.1) is 46.3 Å². The molecule has 0 aromatic heterocycles. The summed E-state index contributed by atoms with van der Waals surface area (Å²) in [6.07, 6.45) is 12.0. The van der Waals surface area contributed by atoms with Crippen molar-refractivity contribution in [2.45, 2.75) is 87.8 Å². The normalized spacial score (nSPS) is 21.8. The van der Waals surface area contributed by atoms with Gasteiger partial charge in [0.2, 0.25) is 0 Å². The highest BCUT2D eigenvalue weighted by Crippen LogP contribution is 2.39. The number of hydrogen-bond acceptors (Lipinski definition) is 3. The number of rotatable bonds is 12. The van der Waals surface area contributed by atoms with Crippen molar-refractivity contribution in [3.8, 4) is 34.4 Å². The predicted octanol–water partition coefficient (Wildman–Crippen LogP) is 11.7. The number of carbonyl (C=O) groups is 1. The molecule has 2 aliphatic carbocycles. The van der Waals surface area contributed by atoms with Crippen LogP contribution in [0.25, 0.3) is 22.3 Å². The van der Waals surface area contributed by atoms with E-state index >= 15 is 0 Å². The second-order valence-corrected chi connectivity index (χ2v) is 15.8. The lowest BCUT2D eigenvalue weighted by molar-refractivity contribution is -0.121. The van der Waals surface area contributed by atoms with E-state index in [2.05, 4.69) is 60.7 Å². The van der Waals surface area contributed by atoms with Crippen LogP contribution in [0.3, 0.4) is 0 Å². The number of nitrogens with zero attached hydrogens (tertiary/aromatic N) is 2. The van der Waals surface area contributed by atoms with Gasteiger partial charge in [0.25, 0.3) is 0 Å². The molecule has 50 heavy (non-hydrogen) atoms. The smallest absolute Gasteiger partial charge is 0.133 e. The van der Waals surface area contributed by atoms with Gasteiger partial charge < -0.3 is 0 Å². The molecule has 0 amide bonds. The molecule has 0 N–H and O–H groups in total. The maximum atomic E-state index is 13.1. The molecule has 0 aliphatic heterocycles. The summed E-state index contributed by atoms with van der Waals surface area (Å²) < 4.78 is 0. The van der Waals surface area contributed by atoms with Crippen LogP contribution in [-0.4, -0.2) is 16.5 Å². The first-order valence-corrected chi connectivity index (χ1v) is 19.2. The number of hydrogen-bond donors (Lipinski definition) is 0. The van der Waals surface area contributed by atoms with E-state index in [0.29, 0.717) is 40.6 Å². The van der Waals surface area contributed by atoms with Gasteiger partial charge in [-0.15, -0.1) is 23.2 Å². The highest BCUT2D eigenvalue weighted by molar-refractivity contribution is 6.21. The van der Waals surface area contributed by atoms with Gasteiger partial charge in [-0.2, -0.15) is 10.5 Å². The van der Waals surface area contributed by atoms with Crippen LogP contribution < -0.4 is 0 Å². The zero-order chi connectivity index (χ0) is 34.9. The van der Waals surface area contributed by atoms with Crippen molar-refractivity contribution in [2.75, 3.05) is 0 Å². The maximum Gasteiger partial charge on any atom is 0.133 e. The zero-order valence-electron chi connectivity index (χ0n) is 28.7. The van der Waals surface area contributed by atoms with Gasteiger partial charge in [-0.25, -0.2) is 0 Å². The molecule has 4 aromatic rings. The molecule has 4 aromatic carbocycles. The lowest BCUT2D eigenvalue weighted by Gasteiger charge is -2.32. The summed E-state index contributed by atoms with van der Waals surface area (Å²) in [5.74, 6) is 2.45. The Bertz CT molecular complexity index is 1640. The molecule has 0 radical (unpaired) electrons. The molecule has 2 atom stereocenters. The van der Waals surface area contributed by atoms with Gasteiger partial charge in [-0.1, -0.05) is 72.8 Å². The predicted molar refractivity (Wildman–Crippen MR) is 205 cm³/mol. The molecule has 2 saturated carbocycles. The third-order valence-corrected chi connectivity index (χ3v) is 12.3. The van der Waals surface area contributed by atoms with E-state index in [1.165, 1.54) is 11.1 Å². The van der Waals surface area contributed by atoms with Gasteiger partial charge in [-0.3, -0.25) is 4.79 Å². The van der Waals surface area contributed by atoms with E-state index in [0.717, 1.165) is 99.3 Å². The Labute approximate surface area is 308 Å². The fourth-order valence-electron chi connectivity index (χ4n) is 8.16. The minimum absolute atomic E-state index is 0.113. The SMILES string of the molecule is N#Cc1ccc(-c2ccc(CC(Cl)C3CCC(CC(=O)C[C@H]4CC[C@H](C(Cl)Cc5ccc(-c6ccc(C#N)cc6)cc5)CC4)CC3)cc2)cc1. The number of ketones is 1. The largest absolute Gasteiger partial charge is 0.300 e. The quantitative estimate of drug-likeness (QED) is 0.138. The first kappa shape index (κ1) is 35.9. The van der Waals surface area contributed by atoms with Gasteiger partial charge in [0.15, 0.2) is 0 Å². The molecule has 2 aliphatic rings. The topological polar surface area (TPSA) is 64.7 Å². The summed E-state index contributed by atoms with van der Waals surface area (Å²) >= 11 is 13.9. The van der Waals surface area contributed by atoms with Crippen molar-refractivity contribution in [3.05, 3.63) is 119 Å². The van der Waals surface area contributed by atoms with Crippen LogP contribution in [-0.2, 0) is 17.6 Å². The minimum atomic E-state index is 0.113. The Morgan fingerprint density at radius 1 is 0.520 bits per heavy atom. The Kier molecular flexibility index (Phi) is 12.5. The minimum Gasteiger partial charge on any atom is -0.300 e. The molecule has 0 heterocycles. The first-order valence-electron chi connectivity index (χ1n) is 18.4. The van der Waals surface area contributed by atoms with Gasteiger partial charge in [0.1, 0.15) is 5.78 Å². The highest BCUT2D eigenvalue weighted by Gasteiger charge is 2.30. The van der Waals surface area contributed by atoms with Crippen LogP contribution >= 0.6 is 23.2 Å². The molecule has 2 unspecified atom stereocenters. The van der Waals surface area contributed by atoms with Crippen molar-refractivity contribution in [3.63, 3.8) is 0 Å². The summed E-state index contributed by atoms with van der Waals surface area (Å²) in [7, 11) is 0. The lowest BCUT2D eigenvalue weighted by atomic mass is 9.75. The van der Waals surface area contributed by atoms with Crippen LogP contribution in [0.4, 0.5) is 0 Å². The molecular formula is C45H46Cl2N2O. The Morgan fingerprint density at radius 2 is 0.820 bits per heavy atom. The van der Waals surface area contributed by atoms with E-state index in [-0.39, 0.29) is 10.8 Å². The molecule has 0 saturated heterocycles. The monoisotopic (exact) mass is 700 g/mol. The number of halogens is 2. The number of benzene rings is 4. The molecular weight excluding hydrogens is 655 g/mol. The van der Waals surface area contributed by atoms with Crippen LogP contribution in [0.15, 0.2) is 97.1 Å². The first-order chi connectivity index (χ1) is 24.4. The number of alkyl halides is 2. The Hall–Kier alpha value is -3.89. The van der Waals surface area contributed by atoms with Crippen molar-refractivity contribution in [2.24, 2.45) is 23.7 Å². The van der Waals surface area contributed by atoms with Crippen LogP contribution in [0.1, 0.15) is 86.5 Å². The second kappa shape index (κ2) is 17.4. The molecule has 3 nitrogen and oxygen atoms in total. The van der Waals surface area contributed by atoms with Crippen molar-refractivity contribution >= 4 is 29.0 Å². The molecule has 5 heteroatoms. The van der Waals surface area contributed by atoms with Crippen LogP contribution in [0.5, 0.6) is 0 Å². The van der Waals surface area contributed by atoms with Gasteiger partial charge in [0.05, 0.1) is 23.3 Å². The molecule has 256 valence electrons. The van der Waals surface area contributed by atoms with E-state index in [1.54, 1.807) is 0 Å². The fourth-order valence-corrected chi connectivity index (χ4v) is 9.02.